The largest absolute Gasteiger partial charge is 0.382 e. The van der Waals surface area contributed by atoms with E-state index in [0.717, 1.165) is 51.7 Å². The highest BCUT2D eigenvalue weighted by Gasteiger charge is 2.12. The molecule has 2 aromatic carbocycles. The average molecular weight is 357 g/mol. The molecule has 3 heterocycles. The number of hydrogen-bond acceptors (Lipinski definition) is 5. The summed E-state index contributed by atoms with van der Waals surface area (Å²) in [5.41, 5.74) is 5.68. The van der Waals surface area contributed by atoms with Crippen LogP contribution in [0.4, 0.5) is 5.69 Å². The maximum atomic E-state index is 4.86. The number of nitrogens with one attached hydrogen (secondary N) is 1. The van der Waals surface area contributed by atoms with Gasteiger partial charge >= 0.3 is 0 Å². The standard InChI is InChI=1S/C22H23N5/c1-4-12-27(13-5-1)14-11-23-19-15-20-22(16-7-6-10-24-21(16)19)26-18-9-3-2-8-17(18)25-20/h2-3,6-10,15,23H,1,4-5,11-14H2. The summed E-state index contributed by atoms with van der Waals surface area (Å²) in [4.78, 5) is 16.9. The normalized spacial score (nSPS) is 15.6. The molecule has 136 valence electrons. The van der Waals surface area contributed by atoms with E-state index >= 15 is 0 Å². The Kier molecular flexibility index (Phi) is 4.30. The van der Waals surface area contributed by atoms with Gasteiger partial charge < -0.3 is 10.2 Å². The smallest absolute Gasteiger partial charge is 0.0990 e. The van der Waals surface area contributed by atoms with Crippen molar-refractivity contribution in [3.8, 4) is 0 Å². The molecule has 1 aliphatic rings. The molecule has 1 aliphatic heterocycles. The predicted octanol–water partition coefficient (Wildman–Crippen LogP) is 4.23. The quantitative estimate of drug-likeness (QED) is 0.438. The minimum Gasteiger partial charge on any atom is -0.382 e. The number of benzene rings is 2. The molecule has 0 aliphatic carbocycles. The molecule has 2 aromatic heterocycles. The summed E-state index contributed by atoms with van der Waals surface area (Å²) in [6, 6.07) is 14.2. The summed E-state index contributed by atoms with van der Waals surface area (Å²) < 4.78 is 0. The molecular weight excluding hydrogens is 334 g/mol. The Balaban J connectivity index is 1.53. The number of nitrogens with zero attached hydrogens (tertiary/aromatic N) is 4. The molecule has 0 unspecified atom stereocenters. The van der Waals surface area contributed by atoms with E-state index < -0.39 is 0 Å². The van der Waals surface area contributed by atoms with Crippen LogP contribution in [0, 0.1) is 0 Å². The summed E-state index contributed by atoms with van der Waals surface area (Å²) >= 11 is 0. The zero-order valence-corrected chi connectivity index (χ0v) is 15.4. The van der Waals surface area contributed by atoms with E-state index in [4.69, 9.17) is 9.97 Å². The number of likely N-dealkylation sites (tertiary alicyclic amines) is 1. The number of anilines is 1. The lowest BCUT2D eigenvalue weighted by atomic mass is 10.1. The van der Waals surface area contributed by atoms with Crippen LogP contribution in [-0.2, 0) is 0 Å². The average Bonchev–Trinajstić information content (AvgIpc) is 2.73. The van der Waals surface area contributed by atoms with E-state index in [2.05, 4.69) is 27.3 Å². The summed E-state index contributed by atoms with van der Waals surface area (Å²) in [5, 5.41) is 4.65. The molecule has 5 nitrogen and oxygen atoms in total. The van der Waals surface area contributed by atoms with Gasteiger partial charge in [0.2, 0.25) is 0 Å². The fourth-order valence-corrected chi connectivity index (χ4v) is 4.00. The van der Waals surface area contributed by atoms with E-state index in [-0.39, 0.29) is 0 Å². The van der Waals surface area contributed by atoms with Gasteiger partial charge in [-0.2, -0.15) is 0 Å². The van der Waals surface area contributed by atoms with Crippen molar-refractivity contribution in [2.24, 2.45) is 0 Å². The fourth-order valence-electron chi connectivity index (χ4n) is 4.00. The Hall–Kier alpha value is -2.79. The van der Waals surface area contributed by atoms with Crippen LogP contribution in [0.1, 0.15) is 19.3 Å². The Labute approximate surface area is 158 Å². The Bertz CT molecular complexity index is 1100. The highest BCUT2D eigenvalue weighted by molar-refractivity contribution is 6.09. The fraction of sp³-hybridized carbons (Fsp3) is 0.318. The first-order chi connectivity index (χ1) is 13.4. The molecule has 1 N–H and O–H groups in total. The molecule has 0 radical (unpaired) electrons. The van der Waals surface area contributed by atoms with Gasteiger partial charge in [0.25, 0.3) is 0 Å². The van der Waals surface area contributed by atoms with Crippen LogP contribution >= 0.6 is 0 Å². The van der Waals surface area contributed by atoms with Crippen molar-refractivity contribution >= 4 is 38.7 Å². The number of rotatable bonds is 4. The van der Waals surface area contributed by atoms with E-state index in [1.54, 1.807) is 0 Å². The molecule has 0 bridgehead atoms. The van der Waals surface area contributed by atoms with Gasteiger partial charge in [-0.15, -0.1) is 0 Å². The van der Waals surface area contributed by atoms with Crippen LogP contribution < -0.4 is 5.32 Å². The van der Waals surface area contributed by atoms with Gasteiger partial charge in [-0.3, -0.25) is 4.98 Å². The number of piperidine rings is 1. The molecule has 0 spiro atoms. The summed E-state index contributed by atoms with van der Waals surface area (Å²) in [6.45, 7) is 4.42. The highest BCUT2D eigenvalue weighted by Crippen LogP contribution is 2.29. The molecule has 0 amide bonds. The second-order valence-electron chi connectivity index (χ2n) is 7.23. The third-order valence-corrected chi connectivity index (χ3v) is 5.39. The lowest BCUT2D eigenvalue weighted by molar-refractivity contribution is 0.237. The summed E-state index contributed by atoms with van der Waals surface area (Å²) in [5.74, 6) is 0. The summed E-state index contributed by atoms with van der Waals surface area (Å²) in [7, 11) is 0. The van der Waals surface area contributed by atoms with Gasteiger partial charge in [0.15, 0.2) is 0 Å². The van der Waals surface area contributed by atoms with E-state index in [1.165, 1.54) is 32.4 Å². The minimum atomic E-state index is 0.912. The van der Waals surface area contributed by atoms with Crippen LogP contribution in [0.5, 0.6) is 0 Å². The second-order valence-corrected chi connectivity index (χ2v) is 7.23. The van der Waals surface area contributed by atoms with Crippen molar-refractivity contribution in [3.63, 3.8) is 0 Å². The predicted molar refractivity (Wildman–Crippen MR) is 111 cm³/mol. The number of para-hydroxylation sites is 2. The highest BCUT2D eigenvalue weighted by atomic mass is 15.1. The topological polar surface area (TPSA) is 53.9 Å². The SMILES string of the molecule is c1ccc2nc3c(cc(NCCN4CCCCC4)c4ncccc43)nc2c1. The first-order valence-electron chi connectivity index (χ1n) is 9.79. The van der Waals surface area contributed by atoms with E-state index in [1.807, 2.05) is 36.5 Å². The minimum absolute atomic E-state index is 0.912. The molecule has 5 heteroatoms. The van der Waals surface area contributed by atoms with Crippen molar-refractivity contribution < 1.29 is 0 Å². The first-order valence-corrected chi connectivity index (χ1v) is 9.79. The van der Waals surface area contributed by atoms with Gasteiger partial charge in [0.05, 0.1) is 33.3 Å². The van der Waals surface area contributed by atoms with Crippen LogP contribution in [0.25, 0.3) is 33.0 Å². The molecule has 5 rings (SSSR count). The number of aromatic nitrogens is 3. The molecule has 1 fully saturated rings. The van der Waals surface area contributed by atoms with Crippen LogP contribution in [0.3, 0.4) is 0 Å². The van der Waals surface area contributed by atoms with Gasteiger partial charge in [0, 0.05) is 24.7 Å². The van der Waals surface area contributed by atoms with Gasteiger partial charge in [-0.1, -0.05) is 18.6 Å². The van der Waals surface area contributed by atoms with Gasteiger partial charge in [0.1, 0.15) is 0 Å². The van der Waals surface area contributed by atoms with E-state index in [0.29, 0.717) is 0 Å². The number of hydrogen-bond donors (Lipinski definition) is 1. The van der Waals surface area contributed by atoms with E-state index in [9.17, 15) is 0 Å². The third-order valence-electron chi connectivity index (χ3n) is 5.39. The van der Waals surface area contributed by atoms with Crippen molar-refractivity contribution in [1.29, 1.82) is 0 Å². The molecule has 27 heavy (non-hydrogen) atoms. The maximum absolute atomic E-state index is 4.86. The number of pyridine rings is 1. The Morgan fingerprint density at radius 1 is 0.852 bits per heavy atom. The lowest BCUT2D eigenvalue weighted by Crippen LogP contribution is -2.33. The molecule has 4 aromatic rings. The zero-order chi connectivity index (χ0) is 18.1. The van der Waals surface area contributed by atoms with Crippen molar-refractivity contribution in [2.45, 2.75) is 19.3 Å². The zero-order valence-electron chi connectivity index (χ0n) is 15.4. The molecule has 0 atom stereocenters. The molecular formula is C22H23N5. The summed E-state index contributed by atoms with van der Waals surface area (Å²) in [6.07, 6.45) is 5.86. The molecule has 0 saturated carbocycles. The molecule has 1 saturated heterocycles. The van der Waals surface area contributed by atoms with Crippen molar-refractivity contribution in [3.05, 3.63) is 48.7 Å². The van der Waals surface area contributed by atoms with Crippen LogP contribution in [-0.4, -0.2) is 46.0 Å². The Morgan fingerprint density at radius 3 is 2.52 bits per heavy atom. The third kappa shape index (κ3) is 3.19. The van der Waals surface area contributed by atoms with Gasteiger partial charge in [-0.25, -0.2) is 9.97 Å². The van der Waals surface area contributed by atoms with Crippen molar-refractivity contribution in [1.82, 2.24) is 19.9 Å². The van der Waals surface area contributed by atoms with Crippen molar-refractivity contribution in [2.75, 3.05) is 31.5 Å². The monoisotopic (exact) mass is 357 g/mol. The van der Waals surface area contributed by atoms with Crippen LogP contribution in [0.2, 0.25) is 0 Å². The second kappa shape index (κ2) is 7.08. The Morgan fingerprint density at radius 2 is 1.67 bits per heavy atom. The van der Waals surface area contributed by atoms with Gasteiger partial charge in [-0.05, 0) is 56.3 Å². The lowest BCUT2D eigenvalue weighted by Gasteiger charge is -2.26. The maximum Gasteiger partial charge on any atom is 0.0990 e. The number of fused-ring (bicyclic) bond motifs is 4. The van der Waals surface area contributed by atoms with Crippen LogP contribution in [0.15, 0.2) is 48.7 Å². The first kappa shape index (κ1) is 16.4.